The molecule has 3 aromatic rings. The Hall–Kier alpha value is -3.81. The van der Waals surface area contributed by atoms with Gasteiger partial charge in [0, 0.05) is 31.1 Å². The van der Waals surface area contributed by atoms with Gasteiger partial charge in [0.15, 0.2) is 0 Å². The number of methoxy groups -OCH3 is 1. The predicted octanol–water partition coefficient (Wildman–Crippen LogP) is 4.06. The van der Waals surface area contributed by atoms with E-state index in [4.69, 9.17) is 9.15 Å². The minimum Gasteiger partial charge on any atom is -0.495 e. The molecule has 33 heavy (non-hydrogen) atoms. The fourth-order valence-electron chi connectivity index (χ4n) is 3.68. The van der Waals surface area contributed by atoms with Crippen LogP contribution < -0.4 is 25.9 Å². The molecule has 3 rings (SSSR count). The van der Waals surface area contributed by atoms with Crippen LogP contribution in [0.5, 0.6) is 5.75 Å². The van der Waals surface area contributed by atoms with Crippen LogP contribution >= 0.6 is 0 Å². The van der Waals surface area contributed by atoms with Crippen molar-refractivity contribution in [3.05, 3.63) is 59.0 Å². The van der Waals surface area contributed by atoms with Crippen molar-refractivity contribution in [1.82, 2.24) is 5.32 Å². The van der Waals surface area contributed by atoms with Gasteiger partial charge in [-0.2, -0.15) is 0 Å². The third-order valence-corrected chi connectivity index (χ3v) is 5.22. The number of para-hydroxylation sites is 1. The second kappa shape index (κ2) is 10.2. The largest absolute Gasteiger partial charge is 0.495 e. The van der Waals surface area contributed by atoms with Crippen LogP contribution in [-0.4, -0.2) is 32.0 Å². The van der Waals surface area contributed by atoms with Gasteiger partial charge in [-0.1, -0.05) is 26.0 Å². The molecule has 174 valence electrons. The lowest BCUT2D eigenvalue weighted by atomic mass is 10.0. The number of hydrogen-bond donors (Lipinski definition) is 2. The second-order valence-electron chi connectivity index (χ2n) is 8.26. The fourth-order valence-corrected chi connectivity index (χ4v) is 3.68. The molecule has 2 N–H and O–H groups in total. The van der Waals surface area contributed by atoms with E-state index < -0.39 is 11.7 Å². The molecule has 8 nitrogen and oxygen atoms in total. The van der Waals surface area contributed by atoms with Gasteiger partial charge in [0.2, 0.25) is 11.8 Å². The lowest BCUT2D eigenvalue weighted by Crippen LogP contribution is -2.43. The topological polar surface area (TPSA) is 101 Å². The number of nitrogens with one attached hydrogen (secondary N) is 2. The van der Waals surface area contributed by atoms with E-state index in [-0.39, 0.29) is 17.7 Å². The Balaban J connectivity index is 1.96. The molecular weight excluding hydrogens is 422 g/mol. The fraction of sp³-hybridized carbons (Fsp3) is 0.320. The number of ether oxygens (including phenoxy) is 1. The van der Waals surface area contributed by atoms with Gasteiger partial charge in [-0.15, -0.1) is 0 Å². The maximum atomic E-state index is 13.0. The van der Waals surface area contributed by atoms with Crippen LogP contribution in [0.4, 0.5) is 17.1 Å². The summed E-state index contributed by atoms with van der Waals surface area (Å²) in [6.45, 7) is 5.36. The van der Waals surface area contributed by atoms with E-state index in [0.717, 1.165) is 11.1 Å². The Morgan fingerprint density at radius 2 is 1.85 bits per heavy atom. The average Bonchev–Trinajstić information content (AvgIpc) is 2.76. The van der Waals surface area contributed by atoms with Gasteiger partial charge in [-0.3, -0.25) is 9.59 Å². The first-order valence-corrected chi connectivity index (χ1v) is 10.7. The van der Waals surface area contributed by atoms with Crippen molar-refractivity contribution >= 4 is 39.8 Å². The summed E-state index contributed by atoms with van der Waals surface area (Å²) < 4.78 is 10.7. The lowest BCUT2D eigenvalue weighted by Gasteiger charge is -2.23. The number of nitrogens with zero attached hydrogens (tertiary/aromatic N) is 1. The first-order chi connectivity index (χ1) is 15.7. The van der Waals surface area contributed by atoms with Gasteiger partial charge in [0.05, 0.1) is 18.5 Å². The average molecular weight is 452 g/mol. The normalized spacial score (nSPS) is 11.8. The number of carbonyl (C=O) groups is 2. The van der Waals surface area contributed by atoms with E-state index in [1.54, 1.807) is 24.3 Å². The van der Waals surface area contributed by atoms with Crippen LogP contribution in [0.15, 0.2) is 57.7 Å². The zero-order valence-electron chi connectivity index (χ0n) is 19.5. The Kier molecular flexibility index (Phi) is 7.37. The molecule has 2 amide bonds. The Bertz CT molecular complexity index is 1220. The molecule has 1 heterocycles. The zero-order chi connectivity index (χ0) is 24.1. The maximum absolute atomic E-state index is 13.0. The van der Waals surface area contributed by atoms with Crippen molar-refractivity contribution in [1.29, 1.82) is 0 Å². The van der Waals surface area contributed by atoms with Crippen LogP contribution in [0.3, 0.4) is 0 Å². The van der Waals surface area contributed by atoms with Gasteiger partial charge in [0.25, 0.3) is 0 Å². The lowest BCUT2D eigenvalue weighted by molar-refractivity contribution is -0.125. The van der Waals surface area contributed by atoms with Crippen molar-refractivity contribution < 1.29 is 18.7 Å². The van der Waals surface area contributed by atoms with Gasteiger partial charge < -0.3 is 24.7 Å². The molecule has 0 fully saturated rings. The highest BCUT2D eigenvalue weighted by atomic mass is 16.5. The molecule has 0 aliphatic carbocycles. The molecule has 0 saturated carbocycles. The number of hydrogen-bond acceptors (Lipinski definition) is 6. The number of benzene rings is 2. The Morgan fingerprint density at radius 1 is 1.12 bits per heavy atom. The summed E-state index contributed by atoms with van der Waals surface area (Å²) in [5, 5.41) is 6.37. The van der Waals surface area contributed by atoms with Gasteiger partial charge in [-0.05, 0) is 42.7 Å². The molecule has 0 saturated heterocycles. The zero-order valence-corrected chi connectivity index (χ0v) is 19.5. The minimum absolute atomic E-state index is 0.213. The number of fused-ring (bicyclic) bond motifs is 1. The summed E-state index contributed by atoms with van der Waals surface area (Å²) >= 11 is 0. The van der Waals surface area contributed by atoms with Crippen LogP contribution in [-0.2, 0) is 9.59 Å². The number of amides is 2. The predicted molar refractivity (Wildman–Crippen MR) is 129 cm³/mol. The van der Waals surface area contributed by atoms with Crippen molar-refractivity contribution in [3.8, 4) is 5.75 Å². The van der Waals surface area contributed by atoms with Gasteiger partial charge >= 0.3 is 5.63 Å². The summed E-state index contributed by atoms with van der Waals surface area (Å²) in [7, 11) is 3.34. The highest BCUT2D eigenvalue weighted by molar-refractivity contribution is 5.99. The second-order valence-corrected chi connectivity index (χ2v) is 8.26. The van der Waals surface area contributed by atoms with Gasteiger partial charge in [0.1, 0.15) is 17.4 Å². The van der Waals surface area contributed by atoms with E-state index in [2.05, 4.69) is 10.6 Å². The molecule has 0 aliphatic rings. The van der Waals surface area contributed by atoms with E-state index in [1.807, 2.05) is 44.0 Å². The van der Waals surface area contributed by atoms with E-state index in [0.29, 0.717) is 29.1 Å². The smallest absolute Gasteiger partial charge is 0.338 e. The Morgan fingerprint density at radius 3 is 2.52 bits per heavy atom. The molecule has 2 aromatic carbocycles. The van der Waals surface area contributed by atoms with Crippen molar-refractivity contribution in [2.75, 3.05) is 24.4 Å². The molecule has 1 unspecified atom stereocenters. The van der Waals surface area contributed by atoms with Crippen LogP contribution in [0.2, 0.25) is 0 Å². The third kappa shape index (κ3) is 5.71. The molecule has 0 spiro atoms. The number of rotatable bonds is 8. The van der Waals surface area contributed by atoms with Crippen molar-refractivity contribution in [2.45, 2.75) is 33.2 Å². The van der Waals surface area contributed by atoms with Gasteiger partial charge in [-0.25, -0.2) is 4.79 Å². The molecule has 8 heteroatoms. The molecule has 1 atom stereocenters. The molecular formula is C25H29N3O5. The standard InChI is InChI=1S/C25H29N3O5/c1-15(2)12-20(26-16(3)29)25(31)27-19-13-17(10-11-23(19)32-5)28(4)21-14-24(30)33-22-9-7-6-8-18(21)22/h6-11,13-15,20H,12H2,1-5H3,(H,26,29)(H,27,31). The number of carbonyl (C=O) groups excluding carboxylic acids is 2. The number of anilines is 3. The van der Waals surface area contributed by atoms with Crippen molar-refractivity contribution in [2.24, 2.45) is 5.92 Å². The van der Waals surface area contributed by atoms with Crippen LogP contribution in [0.1, 0.15) is 27.2 Å². The summed E-state index contributed by atoms with van der Waals surface area (Å²) in [6.07, 6.45) is 0.499. The van der Waals surface area contributed by atoms with Crippen LogP contribution in [0, 0.1) is 5.92 Å². The van der Waals surface area contributed by atoms with E-state index in [9.17, 15) is 14.4 Å². The maximum Gasteiger partial charge on any atom is 0.338 e. The first-order valence-electron chi connectivity index (χ1n) is 10.7. The molecule has 0 aliphatic heterocycles. The minimum atomic E-state index is -0.670. The summed E-state index contributed by atoms with van der Waals surface area (Å²) in [4.78, 5) is 38.5. The van der Waals surface area contributed by atoms with E-state index >= 15 is 0 Å². The first kappa shape index (κ1) is 23.8. The highest BCUT2D eigenvalue weighted by Gasteiger charge is 2.22. The highest BCUT2D eigenvalue weighted by Crippen LogP contribution is 2.34. The third-order valence-electron chi connectivity index (χ3n) is 5.22. The summed E-state index contributed by atoms with van der Waals surface area (Å²) in [5.74, 6) is 0.0860. The molecule has 0 bridgehead atoms. The quantitative estimate of drug-likeness (QED) is 0.501. The Labute approximate surface area is 192 Å². The summed E-state index contributed by atoms with van der Waals surface area (Å²) in [6, 6.07) is 13.4. The van der Waals surface area contributed by atoms with E-state index in [1.165, 1.54) is 20.1 Å². The molecule has 0 radical (unpaired) electrons. The van der Waals surface area contributed by atoms with Crippen LogP contribution in [0.25, 0.3) is 11.0 Å². The molecule has 1 aromatic heterocycles. The monoisotopic (exact) mass is 451 g/mol. The van der Waals surface area contributed by atoms with Crippen molar-refractivity contribution in [3.63, 3.8) is 0 Å². The summed E-state index contributed by atoms with van der Waals surface area (Å²) in [5.41, 5.74) is 1.88. The SMILES string of the molecule is COc1ccc(N(C)c2cc(=O)oc3ccccc23)cc1NC(=O)C(CC(C)C)NC(C)=O.